The molecule has 0 radical (unpaired) electrons. The Labute approximate surface area is 224 Å². The Kier molecular flexibility index (Phi) is 6.54. The van der Waals surface area contributed by atoms with Gasteiger partial charge in [-0.25, -0.2) is 4.39 Å². The van der Waals surface area contributed by atoms with Crippen LogP contribution < -0.4 is 19.9 Å². The monoisotopic (exact) mass is 524 g/mol. The number of rotatable bonds is 4. The second-order valence-electron chi connectivity index (χ2n) is 9.21. The Morgan fingerprint density at radius 2 is 1.85 bits per heavy atom. The van der Waals surface area contributed by atoms with E-state index < -0.39 is 17.3 Å². The summed E-state index contributed by atoms with van der Waals surface area (Å²) < 4.78 is 28.0. The zero-order chi connectivity index (χ0) is 26.8. The number of carbonyl (C=O) groups excluding carboxylic acids is 1. The SMILES string of the molecule is O=C1c2c(OCc3ccccc3)c(=O)ccn2N2CN1C/C=C\COc1cc(F)ccc1C2c1ccccn1. The standard InChI is InChI=1S/C30H25FN4O4/c31-22-11-12-23-26(18-22)38-17-7-6-15-33-20-35(27(23)24-10-4-5-14-32-24)34-16-13-25(36)29(28(34)30(33)37)39-19-21-8-2-1-3-9-21/h1-14,16,18,27H,15,17,19-20H2/b7-6-. The molecule has 0 N–H and O–H groups in total. The summed E-state index contributed by atoms with van der Waals surface area (Å²) >= 11 is 0. The van der Waals surface area contributed by atoms with Crippen LogP contribution in [-0.4, -0.2) is 40.3 Å². The van der Waals surface area contributed by atoms with E-state index in [1.54, 1.807) is 34.1 Å². The Bertz CT molecular complexity index is 1590. The van der Waals surface area contributed by atoms with Crippen LogP contribution >= 0.6 is 0 Å². The molecule has 2 aromatic carbocycles. The van der Waals surface area contributed by atoms with Crippen molar-refractivity contribution in [3.05, 3.63) is 136 Å². The number of hydrogen-bond acceptors (Lipinski definition) is 6. The number of nitrogens with zero attached hydrogens (tertiary/aromatic N) is 4. The van der Waals surface area contributed by atoms with E-state index in [0.29, 0.717) is 17.0 Å². The van der Waals surface area contributed by atoms with Crippen LogP contribution in [0.3, 0.4) is 0 Å². The minimum atomic E-state index is -0.585. The first kappa shape index (κ1) is 24.4. The topological polar surface area (TPSA) is 76.9 Å². The Morgan fingerprint density at radius 3 is 2.67 bits per heavy atom. The fourth-order valence-corrected chi connectivity index (χ4v) is 4.87. The summed E-state index contributed by atoms with van der Waals surface area (Å²) in [5.41, 5.74) is 1.91. The molecule has 2 aliphatic heterocycles. The highest BCUT2D eigenvalue weighted by molar-refractivity contribution is 5.96. The molecule has 6 rings (SSSR count). The molecule has 0 spiro atoms. The molecule has 1 atom stereocenters. The van der Waals surface area contributed by atoms with Crippen molar-refractivity contribution in [2.24, 2.45) is 0 Å². The van der Waals surface area contributed by atoms with Gasteiger partial charge >= 0.3 is 0 Å². The van der Waals surface area contributed by atoms with Gasteiger partial charge in [-0.2, -0.15) is 0 Å². The molecule has 0 aliphatic carbocycles. The first-order valence-electron chi connectivity index (χ1n) is 12.6. The molecule has 2 aromatic heterocycles. The number of hydrogen-bond donors (Lipinski definition) is 0. The third-order valence-corrected chi connectivity index (χ3v) is 6.71. The van der Waals surface area contributed by atoms with E-state index in [1.165, 1.54) is 18.2 Å². The lowest BCUT2D eigenvalue weighted by molar-refractivity contribution is 0.0698. The van der Waals surface area contributed by atoms with Crippen molar-refractivity contribution in [1.29, 1.82) is 0 Å². The largest absolute Gasteiger partial charge is 0.489 e. The Balaban J connectivity index is 1.55. The summed E-state index contributed by atoms with van der Waals surface area (Å²) in [5.74, 6) is -0.432. The maximum atomic E-state index is 14.3. The molecule has 196 valence electrons. The van der Waals surface area contributed by atoms with Crippen LogP contribution in [0, 0.1) is 5.82 Å². The second kappa shape index (κ2) is 10.4. The molecular weight excluding hydrogens is 499 g/mol. The third kappa shape index (κ3) is 4.74. The molecular formula is C30H25FN4O4. The Morgan fingerprint density at radius 1 is 1.00 bits per heavy atom. The van der Waals surface area contributed by atoms with Gasteiger partial charge in [0, 0.05) is 36.6 Å². The van der Waals surface area contributed by atoms with Crippen molar-refractivity contribution in [1.82, 2.24) is 14.6 Å². The van der Waals surface area contributed by atoms with Crippen LogP contribution in [0.5, 0.6) is 11.5 Å². The van der Waals surface area contributed by atoms with Crippen LogP contribution in [0.15, 0.2) is 102 Å². The number of halogens is 1. The highest BCUT2D eigenvalue weighted by atomic mass is 19.1. The molecule has 0 saturated heterocycles. The van der Waals surface area contributed by atoms with Gasteiger partial charge in [0.25, 0.3) is 5.91 Å². The van der Waals surface area contributed by atoms with Crippen molar-refractivity contribution >= 4 is 5.91 Å². The van der Waals surface area contributed by atoms with Crippen LogP contribution in [0.1, 0.15) is 33.4 Å². The molecule has 4 aromatic rings. The minimum Gasteiger partial charge on any atom is -0.489 e. The van der Waals surface area contributed by atoms with Gasteiger partial charge < -0.3 is 14.4 Å². The van der Waals surface area contributed by atoms with E-state index >= 15 is 0 Å². The van der Waals surface area contributed by atoms with Gasteiger partial charge in [0.05, 0.1) is 5.69 Å². The normalized spacial score (nSPS) is 17.4. The number of carbonyl (C=O) groups is 1. The van der Waals surface area contributed by atoms with Gasteiger partial charge in [-0.1, -0.05) is 42.5 Å². The maximum Gasteiger partial charge on any atom is 0.278 e. The summed E-state index contributed by atoms with van der Waals surface area (Å²) in [6.45, 7) is 0.776. The number of ether oxygens (including phenoxy) is 2. The van der Waals surface area contributed by atoms with Gasteiger partial charge in [-0.05, 0) is 35.9 Å². The summed E-state index contributed by atoms with van der Waals surface area (Å²) in [5, 5.41) is 1.91. The average Bonchev–Trinajstić information content (AvgIpc) is 2.99. The van der Waals surface area contributed by atoms with Crippen molar-refractivity contribution in [3.63, 3.8) is 0 Å². The molecule has 4 heterocycles. The van der Waals surface area contributed by atoms with Gasteiger partial charge in [-0.3, -0.25) is 24.3 Å². The van der Waals surface area contributed by atoms with Crippen LogP contribution in [0.2, 0.25) is 0 Å². The van der Waals surface area contributed by atoms with Crippen molar-refractivity contribution in [2.45, 2.75) is 12.6 Å². The van der Waals surface area contributed by atoms with E-state index in [1.807, 2.05) is 59.6 Å². The lowest BCUT2D eigenvalue weighted by atomic mass is 10.0. The lowest BCUT2D eigenvalue weighted by Gasteiger charge is -2.43. The number of benzene rings is 2. The molecule has 2 bridgehead atoms. The fourth-order valence-electron chi connectivity index (χ4n) is 4.87. The zero-order valence-corrected chi connectivity index (χ0v) is 20.9. The Hall–Kier alpha value is -4.92. The summed E-state index contributed by atoms with van der Waals surface area (Å²) in [7, 11) is 0. The van der Waals surface area contributed by atoms with Gasteiger partial charge in [0.2, 0.25) is 5.43 Å². The second-order valence-corrected chi connectivity index (χ2v) is 9.21. The smallest absolute Gasteiger partial charge is 0.278 e. The average molecular weight is 525 g/mol. The first-order chi connectivity index (χ1) is 19.1. The lowest BCUT2D eigenvalue weighted by Crippen LogP contribution is -2.55. The zero-order valence-electron chi connectivity index (χ0n) is 20.9. The van der Waals surface area contributed by atoms with E-state index in [0.717, 1.165) is 5.56 Å². The van der Waals surface area contributed by atoms with Gasteiger partial charge in [-0.15, -0.1) is 0 Å². The maximum absolute atomic E-state index is 14.3. The summed E-state index contributed by atoms with van der Waals surface area (Å²) in [6, 6.07) is 20.2. The molecule has 9 heteroatoms. The number of fused-ring (bicyclic) bond motifs is 5. The molecule has 39 heavy (non-hydrogen) atoms. The van der Waals surface area contributed by atoms with Crippen molar-refractivity contribution in [2.75, 3.05) is 24.8 Å². The third-order valence-electron chi connectivity index (χ3n) is 6.71. The van der Waals surface area contributed by atoms with Gasteiger partial charge in [0.15, 0.2) is 11.4 Å². The van der Waals surface area contributed by atoms with Crippen molar-refractivity contribution < 1.29 is 18.7 Å². The van der Waals surface area contributed by atoms with Crippen LogP contribution in [0.4, 0.5) is 4.39 Å². The highest BCUT2D eigenvalue weighted by Crippen LogP contribution is 2.36. The van der Waals surface area contributed by atoms with E-state index in [-0.39, 0.29) is 43.8 Å². The number of amides is 1. The predicted octanol–water partition coefficient (Wildman–Crippen LogP) is 4.05. The minimum absolute atomic E-state index is 0.0322. The first-order valence-corrected chi connectivity index (χ1v) is 12.6. The molecule has 8 nitrogen and oxygen atoms in total. The molecule has 0 saturated carbocycles. The highest BCUT2D eigenvalue weighted by Gasteiger charge is 2.38. The summed E-state index contributed by atoms with van der Waals surface area (Å²) in [6.07, 6.45) is 6.85. The van der Waals surface area contributed by atoms with Crippen LogP contribution in [-0.2, 0) is 6.61 Å². The van der Waals surface area contributed by atoms with E-state index in [9.17, 15) is 14.0 Å². The summed E-state index contributed by atoms with van der Waals surface area (Å²) in [4.78, 5) is 33.1. The van der Waals surface area contributed by atoms with Crippen molar-refractivity contribution in [3.8, 4) is 11.5 Å². The fraction of sp³-hybridized carbons (Fsp3) is 0.167. The molecule has 2 aliphatic rings. The molecule has 1 amide bonds. The quantitative estimate of drug-likeness (QED) is 0.375. The number of aromatic nitrogens is 2. The number of pyridine rings is 2. The van der Waals surface area contributed by atoms with Gasteiger partial charge in [0.1, 0.15) is 37.5 Å². The van der Waals surface area contributed by atoms with E-state index in [4.69, 9.17) is 9.47 Å². The molecule has 1 unspecified atom stereocenters. The predicted molar refractivity (Wildman–Crippen MR) is 143 cm³/mol. The van der Waals surface area contributed by atoms with E-state index in [2.05, 4.69) is 4.98 Å². The molecule has 0 fully saturated rings. The van der Waals surface area contributed by atoms with Crippen LogP contribution in [0.25, 0.3) is 0 Å².